The van der Waals surface area contributed by atoms with Crippen LogP contribution in [-0.2, 0) is 0 Å². The van der Waals surface area contributed by atoms with Crippen molar-refractivity contribution in [1.82, 2.24) is 9.88 Å². The monoisotopic (exact) mass is 441 g/mol. The van der Waals surface area contributed by atoms with Crippen LogP contribution in [-0.4, -0.2) is 31.3 Å². The lowest BCUT2D eigenvalue weighted by Gasteiger charge is -2.36. The van der Waals surface area contributed by atoms with Gasteiger partial charge < -0.3 is 19.5 Å². The maximum atomic E-state index is 16.0. The van der Waals surface area contributed by atoms with Crippen LogP contribution in [0.3, 0.4) is 0 Å². The van der Waals surface area contributed by atoms with Crippen LogP contribution in [0.4, 0.5) is 10.1 Å². The smallest absolute Gasteiger partial charge is 0.192 e. The Morgan fingerprint density at radius 2 is 1.97 bits per heavy atom. The molecule has 1 saturated carbocycles. The molecule has 1 atom stereocenters. The standard InChI is InChI=1S/C24H25ClFN3O2/c1-14-12-29(16-5-6-16)22-18(24(14)30)11-19(25)23(21(22)26)28-10-9-27-20(13-28)15-3-7-17(31-2)8-4-15/h3-4,7-8,11-12,16,20,27H,5-6,9-10,13H2,1-2H3. The number of halogens is 2. The van der Waals surface area contributed by atoms with Gasteiger partial charge in [0, 0.05) is 43.5 Å². The molecule has 2 aromatic carbocycles. The SMILES string of the molecule is COc1ccc(C2CN(c3c(Cl)cc4c(=O)c(C)cn(C5CC5)c4c3F)CCN2)cc1. The molecular formula is C24H25ClFN3O2. The first kappa shape index (κ1) is 20.3. The highest BCUT2D eigenvalue weighted by Crippen LogP contribution is 2.41. The molecule has 31 heavy (non-hydrogen) atoms. The van der Waals surface area contributed by atoms with Gasteiger partial charge in [-0.2, -0.15) is 0 Å². The topological polar surface area (TPSA) is 46.5 Å². The number of aromatic nitrogens is 1. The zero-order chi connectivity index (χ0) is 21.7. The van der Waals surface area contributed by atoms with E-state index in [0.717, 1.165) is 24.2 Å². The fraction of sp³-hybridized carbons (Fsp3) is 0.375. The number of hydrogen-bond acceptors (Lipinski definition) is 4. The highest BCUT2D eigenvalue weighted by atomic mass is 35.5. The van der Waals surface area contributed by atoms with Crippen molar-refractivity contribution in [2.75, 3.05) is 31.6 Å². The minimum Gasteiger partial charge on any atom is -0.497 e. The van der Waals surface area contributed by atoms with E-state index in [1.54, 1.807) is 26.3 Å². The average molecular weight is 442 g/mol. The lowest BCUT2D eigenvalue weighted by Crippen LogP contribution is -2.46. The number of rotatable bonds is 4. The van der Waals surface area contributed by atoms with Crippen molar-refractivity contribution in [3.8, 4) is 5.75 Å². The lowest BCUT2D eigenvalue weighted by molar-refractivity contribution is 0.413. The van der Waals surface area contributed by atoms with Crippen molar-refractivity contribution >= 4 is 28.2 Å². The third-order valence-electron chi connectivity index (χ3n) is 6.31. The van der Waals surface area contributed by atoms with Crippen LogP contribution < -0.4 is 20.4 Å². The number of hydrogen-bond donors (Lipinski definition) is 1. The number of nitrogens with one attached hydrogen (secondary N) is 1. The molecule has 0 radical (unpaired) electrons. The van der Waals surface area contributed by atoms with E-state index in [9.17, 15) is 4.79 Å². The Labute approximate surface area is 185 Å². The summed E-state index contributed by atoms with van der Waals surface area (Å²) in [6.45, 7) is 3.69. The molecule has 1 N–H and O–H groups in total. The van der Waals surface area contributed by atoms with Crippen molar-refractivity contribution in [3.63, 3.8) is 0 Å². The summed E-state index contributed by atoms with van der Waals surface area (Å²) >= 11 is 6.58. The van der Waals surface area contributed by atoms with Gasteiger partial charge in [0.05, 0.1) is 28.7 Å². The Morgan fingerprint density at radius 1 is 1.23 bits per heavy atom. The normalized spacial score (nSPS) is 19.1. The van der Waals surface area contributed by atoms with E-state index in [4.69, 9.17) is 16.3 Å². The number of anilines is 1. The Balaban J connectivity index is 1.57. The molecule has 162 valence electrons. The molecule has 1 aliphatic heterocycles. The highest BCUT2D eigenvalue weighted by molar-refractivity contribution is 6.34. The van der Waals surface area contributed by atoms with Crippen molar-refractivity contribution < 1.29 is 9.13 Å². The van der Waals surface area contributed by atoms with Crippen LogP contribution >= 0.6 is 11.6 Å². The van der Waals surface area contributed by atoms with E-state index in [2.05, 4.69) is 5.32 Å². The fourth-order valence-corrected chi connectivity index (χ4v) is 4.82. The highest BCUT2D eigenvalue weighted by Gasteiger charge is 2.30. The number of ether oxygens (including phenoxy) is 1. The molecule has 3 aromatic rings. The zero-order valence-corrected chi connectivity index (χ0v) is 18.4. The zero-order valence-electron chi connectivity index (χ0n) is 17.6. The number of methoxy groups -OCH3 is 1. The molecule has 5 nitrogen and oxygen atoms in total. The molecule has 7 heteroatoms. The van der Waals surface area contributed by atoms with E-state index >= 15 is 4.39 Å². The predicted octanol–water partition coefficient (Wildman–Crippen LogP) is 4.60. The molecule has 1 saturated heterocycles. The number of nitrogens with zero attached hydrogens (tertiary/aromatic N) is 2. The summed E-state index contributed by atoms with van der Waals surface area (Å²) in [5.74, 6) is 0.398. The molecule has 5 rings (SSSR count). The Hall–Kier alpha value is -2.57. The number of fused-ring (bicyclic) bond motifs is 1. The molecule has 0 amide bonds. The molecule has 2 aliphatic rings. The molecule has 2 heterocycles. The molecule has 1 aliphatic carbocycles. The van der Waals surface area contributed by atoms with Gasteiger partial charge in [-0.05, 0) is 43.5 Å². The fourth-order valence-electron chi connectivity index (χ4n) is 4.51. The third-order valence-corrected chi connectivity index (χ3v) is 6.60. The van der Waals surface area contributed by atoms with Crippen LogP contribution in [0.1, 0.15) is 36.1 Å². The van der Waals surface area contributed by atoms with Gasteiger partial charge in [0.25, 0.3) is 0 Å². The number of piperazine rings is 1. The first-order chi connectivity index (χ1) is 15.0. The van der Waals surface area contributed by atoms with Gasteiger partial charge in [-0.25, -0.2) is 4.39 Å². The van der Waals surface area contributed by atoms with Gasteiger partial charge in [-0.3, -0.25) is 4.79 Å². The lowest BCUT2D eigenvalue weighted by atomic mass is 10.0. The molecular weight excluding hydrogens is 417 g/mol. The largest absolute Gasteiger partial charge is 0.497 e. The summed E-state index contributed by atoms with van der Waals surface area (Å²) in [6.07, 6.45) is 3.80. The summed E-state index contributed by atoms with van der Waals surface area (Å²) in [6, 6.07) is 9.83. The van der Waals surface area contributed by atoms with Gasteiger partial charge in [0.2, 0.25) is 0 Å². The van der Waals surface area contributed by atoms with Gasteiger partial charge in [0.1, 0.15) is 5.75 Å². The van der Waals surface area contributed by atoms with Gasteiger partial charge >= 0.3 is 0 Å². The van der Waals surface area contributed by atoms with Gasteiger partial charge in [-0.1, -0.05) is 23.7 Å². The van der Waals surface area contributed by atoms with Crippen LogP contribution in [0.25, 0.3) is 10.9 Å². The average Bonchev–Trinajstić information content (AvgIpc) is 3.62. The summed E-state index contributed by atoms with van der Waals surface area (Å²) in [5, 5.41) is 4.15. The van der Waals surface area contributed by atoms with E-state index in [0.29, 0.717) is 41.8 Å². The van der Waals surface area contributed by atoms with E-state index in [1.165, 1.54) is 0 Å². The van der Waals surface area contributed by atoms with Crippen molar-refractivity contribution in [1.29, 1.82) is 0 Å². The van der Waals surface area contributed by atoms with Gasteiger partial charge in [-0.15, -0.1) is 0 Å². The maximum absolute atomic E-state index is 16.0. The first-order valence-electron chi connectivity index (χ1n) is 10.6. The first-order valence-corrected chi connectivity index (χ1v) is 11.0. The van der Waals surface area contributed by atoms with Crippen molar-refractivity contribution in [2.45, 2.75) is 31.8 Å². The minimum atomic E-state index is -0.401. The second kappa shape index (κ2) is 7.84. The second-order valence-electron chi connectivity index (χ2n) is 8.42. The minimum absolute atomic E-state index is 0.0365. The molecule has 1 aromatic heterocycles. The number of aryl methyl sites for hydroxylation is 1. The molecule has 1 unspecified atom stereocenters. The number of benzene rings is 2. The summed E-state index contributed by atoms with van der Waals surface area (Å²) in [7, 11) is 1.64. The number of pyridine rings is 1. The Kier molecular flexibility index (Phi) is 5.15. The third kappa shape index (κ3) is 3.58. The molecule has 0 bridgehead atoms. The van der Waals surface area contributed by atoms with Crippen LogP contribution in [0.5, 0.6) is 5.75 Å². The molecule has 2 fully saturated rings. The summed E-state index contributed by atoms with van der Waals surface area (Å²) in [4.78, 5) is 14.7. The van der Waals surface area contributed by atoms with Crippen LogP contribution in [0.15, 0.2) is 41.3 Å². The van der Waals surface area contributed by atoms with Crippen LogP contribution in [0, 0.1) is 12.7 Å². The summed E-state index contributed by atoms with van der Waals surface area (Å²) in [5.41, 5.74) is 2.32. The predicted molar refractivity (Wildman–Crippen MR) is 122 cm³/mol. The summed E-state index contributed by atoms with van der Waals surface area (Å²) < 4.78 is 23.2. The maximum Gasteiger partial charge on any atom is 0.192 e. The van der Waals surface area contributed by atoms with E-state index in [-0.39, 0.29) is 22.5 Å². The van der Waals surface area contributed by atoms with E-state index in [1.807, 2.05) is 33.7 Å². The van der Waals surface area contributed by atoms with Crippen LogP contribution in [0.2, 0.25) is 5.02 Å². The van der Waals surface area contributed by atoms with Crippen molar-refractivity contribution in [3.05, 3.63) is 68.7 Å². The van der Waals surface area contributed by atoms with Crippen molar-refractivity contribution in [2.24, 2.45) is 0 Å². The second-order valence-corrected chi connectivity index (χ2v) is 8.83. The van der Waals surface area contributed by atoms with Gasteiger partial charge in [0.15, 0.2) is 11.2 Å². The van der Waals surface area contributed by atoms with E-state index < -0.39 is 5.82 Å². The Bertz CT molecular complexity index is 1200. The quantitative estimate of drug-likeness (QED) is 0.643. The molecule has 0 spiro atoms. The Morgan fingerprint density at radius 3 is 2.65 bits per heavy atom.